The molecule has 4 nitrogen and oxygen atoms in total. The summed E-state index contributed by atoms with van der Waals surface area (Å²) in [6.45, 7) is 6.90. The first-order valence-corrected chi connectivity index (χ1v) is 8.81. The van der Waals surface area contributed by atoms with Crippen molar-refractivity contribution >= 4 is 5.91 Å². The van der Waals surface area contributed by atoms with Crippen LogP contribution in [0.5, 0.6) is 5.75 Å². The number of amides is 1. The van der Waals surface area contributed by atoms with Crippen LogP contribution in [0.3, 0.4) is 0 Å². The average Bonchev–Trinajstić information content (AvgIpc) is 2.58. The molecule has 2 aromatic carbocycles. The molecule has 0 aromatic heterocycles. The number of hydrogen-bond donors (Lipinski definition) is 2. The van der Waals surface area contributed by atoms with Gasteiger partial charge in [0.2, 0.25) is 0 Å². The zero-order chi connectivity index (χ0) is 18.2. The lowest BCUT2D eigenvalue weighted by Crippen LogP contribution is -3.07. The van der Waals surface area contributed by atoms with Gasteiger partial charge in [0.25, 0.3) is 5.91 Å². The standard InChI is InChI=1S/C21H28N2O2/c1-16-12-17(2)14-20(13-16)25-11-5-10-23(4)15-18-6-8-19(9-7-18)21(24)22-3/h6-9,12-14H,5,10-11,15H2,1-4H3,(H,22,24)/p+1. The molecule has 134 valence electrons. The van der Waals surface area contributed by atoms with Crippen molar-refractivity contribution in [2.75, 3.05) is 27.2 Å². The Balaban J connectivity index is 1.73. The van der Waals surface area contributed by atoms with E-state index in [-0.39, 0.29) is 5.91 Å². The Morgan fingerprint density at radius 2 is 1.72 bits per heavy atom. The smallest absolute Gasteiger partial charge is 0.251 e. The maximum absolute atomic E-state index is 11.6. The first-order valence-electron chi connectivity index (χ1n) is 8.81. The molecule has 4 heteroatoms. The van der Waals surface area contributed by atoms with Gasteiger partial charge in [-0.05, 0) is 49.2 Å². The van der Waals surface area contributed by atoms with Crippen molar-refractivity contribution in [2.24, 2.45) is 0 Å². The minimum Gasteiger partial charge on any atom is -0.493 e. The van der Waals surface area contributed by atoms with Gasteiger partial charge in [-0.25, -0.2) is 0 Å². The number of aryl methyl sites for hydroxylation is 2. The maximum Gasteiger partial charge on any atom is 0.251 e. The predicted molar refractivity (Wildman–Crippen MR) is 101 cm³/mol. The molecule has 0 heterocycles. The van der Waals surface area contributed by atoms with E-state index in [4.69, 9.17) is 4.74 Å². The number of carbonyl (C=O) groups is 1. The second-order valence-corrected chi connectivity index (χ2v) is 6.69. The highest BCUT2D eigenvalue weighted by Crippen LogP contribution is 2.16. The summed E-state index contributed by atoms with van der Waals surface area (Å²) in [5, 5.41) is 2.64. The lowest BCUT2D eigenvalue weighted by molar-refractivity contribution is -0.894. The van der Waals surface area contributed by atoms with Gasteiger partial charge >= 0.3 is 0 Å². The number of benzene rings is 2. The van der Waals surface area contributed by atoms with Gasteiger partial charge in [-0.15, -0.1) is 0 Å². The van der Waals surface area contributed by atoms with Crippen molar-refractivity contribution in [2.45, 2.75) is 26.8 Å². The summed E-state index contributed by atoms with van der Waals surface area (Å²) in [6.07, 6.45) is 1.01. The molecule has 25 heavy (non-hydrogen) atoms. The largest absolute Gasteiger partial charge is 0.493 e. The van der Waals surface area contributed by atoms with Crippen molar-refractivity contribution in [3.8, 4) is 5.75 Å². The van der Waals surface area contributed by atoms with Crippen LogP contribution in [-0.2, 0) is 6.54 Å². The fourth-order valence-electron chi connectivity index (χ4n) is 2.94. The number of hydrogen-bond acceptors (Lipinski definition) is 2. The molecule has 0 aliphatic rings. The van der Waals surface area contributed by atoms with Gasteiger partial charge in [-0.3, -0.25) is 4.79 Å². The Hall–Kier alpha value is -2.33. The summed E-state index contributed by atoms with van der Waals surface area (Å²) in [6, 6.07) is 14.1. The quantitative estimate of drug-likeness (QED) is 0.723. The first kappa shape index (κ1) is 19.0. The topological polar surface area (TPSA) is 42.8 Å². The average molecular weight is 341 g/mol. The van der Waals surface area contributed by atoms with Gasteiger partial charge in [0, 0.05) is 24.6 Å². The molecule has 2 N–H and O–H groups in total. The van der Waals surface area contributed by atoms with Crippen molar-refractivity contribution in [3.63, 3.8) is 0 Å². The zero-order valence-electron chi connectivity index (χ0n) is 15.7. The highest BCUT2D eigenvalue weighted by Gasteiger charge is 2.07. The van der Waals surface area contributed by atoms with Gasteiger partial charge in [0.15, 0.2) is 0 Å². The number of carbonyl (C=O) groups excluding carboxylic acids is 1. The second kappa shape index (κ2) is 9.23. The molecule has 2 aromatic rings. The minimum atomic E-state index is -0.0456. The number of nitrogens with one attached hydrogen (secondary N) is 2. The third-order valence-corrected chi connectivity index (χ3v) is 4.16. The van der Waals surface area contributed by atoms with E-state index in [1.807, 2.05) is 24.3 Å². The third-order valence-electron chi connectivity index (χ3n) is 4.16. The van der Waals surface area contributed by atoms with Gasteiger partial charge in [-0.1, -0.05) is 18.2 Å². The number of rotatable bonds is 8. The summed E-state index contributed by atoms with van der Waals surface area (Å²) < 4.78 is 5.86. The highest BCUT2D eigenvalue weighted by atomic mass is 16.5. The van der Waals surface area contributed by atoms with Crippen LogP contribution in [-0.4, -0.2) is 33.2 Å². The van der Waals surface area contributed by atoms with Crippen molar-refractivity contribution < 1.29 is 14.4 Å². The van der Waals surface area contributed by atoms with E-state index in [1.165, 1.54) is 21.6 Å². The van der Waals surface area contributed by atoms with Gasteiger partial charge in [0.1, 0.15) is 12.3 Å². The van der Waals surface area contributed by atoms with Crippen LogP contribution in [0.15, 0.2) is 42.5 Å². The molecule has 0 saturated carbocycles. The fourth-order valence-corrected chi connectivity index (χ4v) is 2.94. The van der Waals surface area contributed by atoms with E-state index < -0.39 is 0 Å². The molecular formula is C21H29N2O2+. The van der Waals surface area contributed by atoms with Crippen molar-refractivity contribution in [3.05, 3.63) is 64.7 Å². The summed E-state index contributed by atoms with van der Waals surface area (Å²) >= 11 is 0. The molecule has 0 radical (unpaired) electrons. The summed E-state index contributed by atoms with van der Waals surface area (Å²) in [5.41, 5.74) is 4.40. The molecule has 0 spiro atoms. The van der Waals surface area contributed by atoms with E-state index >= 15 is 0 Å². The minimum absolute atomic E-state index is 0.0456. The molecule has 0 fully saturated rings. The van der Waals surface area contributed by atoms with Crippen LogP contribution in [0.1, 0.15) is 33.5 Å². The second-order valence-electron chi connectivity index (χ2n) is 6.69. The summed E-state index contributed by atoms with van der Waals surface area (Å²) in [7, 11) is 3.83. The predicted octanol–water partition coefficient (Wildman–Crippen LogP) is 2.15. The summed E-state index contributed by atoms with van der Waals surface area (Å²) in [4.78, 5) is 13.0. The maximum atomic E-state index is 11.6. The Morgan fingerprint density at radius 1 is 1.08 bits per heavy atom. The highest BCUT2D eigenvalue weighted by molar-refractivity contribution is 5.93. The Kier molecular flexibility index (Phi) is 7.02. The summed E-state index contributed by atoms with van der Waals surface area (Å²) in [5.74, 6) is 0.913. The van der Waals surface area contributed by atoms with Crippen molar-refractivity contribution in [1.82, 2.24) is 5.32 Å². The molecule has 1 atom stereocenters. The van der Waals surface area contributed by atoms with Crippen molar-refractivity contribution in [1.29, 1.82) is 0 Å². The Morgan fingerprint density at radius 3 is 2.32 bits per heavy atom. The van der Waals surface area contributed by atoms with E-state index in [9.17, 15) is 4.79 Å². The van der Waals surface area contributed by atoms with Crippen LogP contribution < -0.4 is 15.0 Å². The van der Waals surface area contributed by atoms with Gasteiger partial charge in [-0.2, -0.15) is 0 Å². The molecule has 0 aliphatic carbocycles. The third kappa shape index (κ3) is 6.24. The molecule has 1 amide bonds. The zero-order valence-corrected chi connectivity index (χ0v) is 15.7. The van der Waals surface area contributed by atoms with E-state index in [1.54, 1.807) is 7.05 Å². The molecule has 0 aliphatic heterocycles. The Bertz CT molecular complexity index is 675. The van der Waals surface area contributed by atoms with Crippen LogP contribution in [0.4, 0.5) is 0 Å². The van der Waals surface area contributed by atoms with Crippen LogP contribution in [0, 0.1) is 13.8 Å². The van der Waals surface area contributed by atoms with Gasteiger partial charge in [0.05, 0.1) is 20.2 Å². The lowest BCUT2D eigenvalue weighted by atomic mass is 10.1. The normalized spacial score (nSPS) is 11.8. The van der Waals surface area contributed by atoms with Gasteiger partial charge < -0.3 is 15.0 Å². The lowest BCUT2D eigenvalue weighted by Gasteiger charge is -2.15. The molecule has 0 bridgehead atoms. The number of ether oxygens (including phenoxy) is 1. The van der Waals surface area contributed by atoms with E-state index in [0.29, 0.717) is 5.56 Å². The molecule has 0 saturated heterocycles. The SMILES string of the molecule is CNC(=O)c1ccc(C[NH+](C)CCCOc2cc(C)cc(C)c2)cc1. The fraction of sp³-hybridized carbons (Fsp3) is 0.381. The molecule has 1 unspecified atom stereocenters. The van der Waals surface area contributed by atoms with E-state index in [2.05, 4.69) is 44.4 Å². The Labute approximate surface area is 150 Å². The monoisotopic (exact) mass is 341 g/mol. The molecule has 2 rings (SSSR count). The molecular weight excluding hydrogens is 312 g/mol. The van der Waals surface area contributed by atoms with Crippen LogP contribution >= 0.6 is 0 Å². The van der Waals surface area contributed by atoms with E-state index in [0.717, 1.165) is 31.9 Å². The van der Waals surface area contributed by atoms with Crippen LogP contribution in [0.25, 0.3) is 0 Å². The first-order chi connectivity index (χ1) is 12.0. The van der Waals surface area contributed by atoms with Crippen LogP contribution in [0.2, 0.25) is 0 Å². The number of quaternary nitrogens is 1.